The molecule has 4 nitrogen and oxygen atoms in total. The molecule has 0 fully saturated rings. The second-order valence-electron chi connectivity index (χ2n) is 11.1. The topological polar surface area (TPSA) is 47.0 Å². The predicted molar refractivity (Wildman–Crippen MR) is 166 cm³/mol. The first-order valence-corrected chi connectivity index (χ1v) is 13.7. The summed E-state index contributed by atoms with van der Waals surface area (Å²) in [7, 11) is 0.864. The molecule has 5 heterocycles. The van der Waals surface area contributed by atoms with Gasteiger partial charge in [0.2, 0.25) is 5.71 Å². The Morgan fingerprint density at radius 1 is 0.675 bits per heavy atom. The van der Waals surface area contributed by atoms with Gasteiger partial charge >= 0.3 is 0 Å². The van der Waals surface area contributed by atoms with Crippen LogP contribution in [0.5, 0.6) is 0 Å². The summed E-state index contributed by atoms with van der Waals surface area (Å²) in [6, 6.07) is 34.6. The van der Waals surface area contributed by atoms with E-state index in [0.29, 0.717) is 0 Å². The SMILES string of the molecule is Cc1cc(-c2cccc3c2[nH]c2oc4ccccc4c23)c2c(c1)-n1c3c(cccc3c3oc4ccccc4c31)B2. The highest BCUT2D eigenvalue weighted by atomic mass is 16.3. The van der Waals surface area contributed by atoms with Crippen LogP contribution in [0.3, 0.4) is 0 Å². The van der Waals surface area contributed by atoms with E-state index in [1.54, 1.807) is 0 Å². The van der Waals surface area contributed by atoms with E-state index in [9.17, 15) is 0 Å². The van der Waals surface area contributed by atoms with Crippen molar-refractivity contribution in [2.24, 2.45) is 0 Å². The third-order valence-electron chi connectivity index (χ3n) is 8.82. The number of fused-ring (bicyclic) bond motifs is 12. The normalized spacial score (nSPS) is 12.8. The number of H-pyrrole nitrogens is 1. The highest BCUT2D eigenvalue weighted by Gasteiger charge is 2.29. The Bertz CT molecular complexity index is 2540. The van der Waals surface area contributed by atoms with Crippen molar-refractivity contribution in [2.75, 3.05) is 0 Å². The molecule has 4 aromatic heterocycles. The largest absolute Gasteiger partial charge is 0.454 e. The highest BCUT2D eigenvalue weighted by Crippen LogP contribution is 2.41. The minimum absolute atomic E-state index is 0.828. The summed E-state index contributed by atoms with van der Waals surface area (Å²) in [6.07, 6.45) is 0. The van der Waals surface area contributed by atoms with Crippen LogP contribution in [0.25, 0.3) is 82.8 Å². The lowest BCUT2D eigenvalue weighted by Gasteiger charge is -2.24. The minimum atomic E-state index is 0.828. The fourth-order valence-electron chi connectivity index (χ4n) is 7.22. The van der Waals surface area contributed by atoms with Gasteiger partial charge in [-0.15, -0.1) is 0 Å². The Balaban J connectivity index is 1.33. The number of aromatic nitrogens is 2. The van der Waals surface area contributed by atoms with Gasteiger partial charge in [-0.05, 0) is 53.8 Å². The number of nitrogens with one attached hydrogen (secondary N) is 1. The van der Waals surface area contributed by atoms with Crippen molar-refractivity contribution in [2.45, 2.75) is 6.92 Å². The maximum absolute atomic E-state index is 6.47. The zero-order chi connectivity index (χ0) is 26.1. The molecular formula is C35H21BN2O2. The van der Waals surface area contributed by atoms with Gasteiger partial charge in [0.25, 0.3) is 0 Å². The molecule has 10 rings (SSSR count). The van der Waals surface area contributed by atoms with Crippen LogP contribution in [0.2, 0.25) is 0 Å². The van der Waals surface area contributed by atoms with Gasteiger partial charge in [0, 0.05) is 32.8 Å². The quantitative estimate of drug-likeness (QED) is 0.231. The molecule has 186 valence electrons. The van der Waals surface area contributed by atoms with Crippen LogP contribution < -0.4 is 10.9 Å². The first-order valence-electron chi connectivity index (χ1n) is 13.7. The first kappa shape index (κ1) is 20.8. The molecule has 0 spiro atoms. The summed E-state index contributed by atoms with van der Waals surface area (Å²) >= 11 is 0. The van der Waals surface area contributed by atoms with Crippen LogP contribution in [0.1, 0.15) is 5.56 Å². The number of para-hydroxylation sites is 4. The molecule has 1 N–H and O–H groups in total. The van der Waals surface area contributed by atoms with E-state index < -0.39 is 0 Å². The van der Waals surface area contributed by atoms with Crippen LogP contribution in [0.4, 0.5) is 0 Å². The van der Waals surface area contributed by atoms with E-state index in [2.05, 4.69) is 95.3 Å². The summed E-state index contributed by atoms with van der Waals surface area (Å²) < 4.78 is 15.2. The molecule has 0 atom stereocenters. The summed E-state index contributed by atoms with van der Waals surface area (Å²) in [6.45, 7) is 2.20. The van der Waals surface area contributed by atoms with Crippen molar-refractivity contribution in [3.05, 3.63) is 103 Å². The fourth-order valence-corrected chi connectivity index (χ4v) is 7.22. The van der Waals surface area contributed by atoms with Crippen LogP contribution >= 0.6 is 0 Å². The Morgan fingerprint density at radius 2 is 1.43 bits per heavy atom. The first-order chi connectivity index (χ1) is 19.7. The molecule has 1 aliphatic heterocycles. The highest BCUT2D eigenvalue weighted by molar-refractivity contribution is 6.73. The van der Waals surface area contributed by atoms with Gasteiger partial charge in [-0.1, -0.05) is 72.2 Å². The van der Waals surface area contributed by atoms with Crippen molar-refractivity contribution in [1.82, 2.24) is 9.55 Å². The van der Waals surface area contributed by atoms with Crippen molar-refractivity contribution in [3.63, 3.8) is 0 Å². The molecule has 0 bridgehead atoms. The van der Waals surface area contributed by atoms with Gasteiger partial charge < -0.3 is 18.4 Å². The molecule has 1 aliphatic rings. The van der Waals surface area contributed by atoms with Gasteiger partial charge in [0.15, 0.2) is 12.9 Å². The zero-order valence-electron chi connectivity index (χ0n) is 21.7. The van der Waals surface area contributed by atoms with Crippen molar-refractivity contribution < 1.29 is 8.83 Å². The van der Waals surface area contributed by atoms with Crippen LogP contribution in [-0.4, -0.2) is 16.8 Å². The predicted octanol–water partition coefficient (Wildman–Crippen LogP) is 7.59. The molecular weight excluding hydrogens is 491 g/mol. The third-order valence-corrected chi connectivity index (χ3v) is 8.82. The van der Waals surface area contributed by atoms with E-state index in [-0.39, 0.29) is 0 Å². The number of benzene rings is 5. The molecule has 0 saturated heterocycles. The Labute approximate surface area is 228 Å². The van der Waals surface area contributed by atoms with Gasteiger partial charge in [-0.2, -0.15) is 0 Å². The fraction of sp³-hybridized carbons (Fsp3) is 0.0286. The van der Waals surface area contributed by atoms with E-state index in [1.165, 1.54) is 49.6 Å². The third kappa shape index (κ3) is 2.44. The average molecular weight is 512 g/mol. The lowest BCUT2D eigenvalue weighted by atomic mass is 9.59. The molecule has 0 saturated carbocycles. The summed E-state index contributed by atoms with van der Waals surface area (Å²) in [4.78, 5) is 3.66. The Kier molecular flexibility index (Phi) is 3.67. The Hall–Kier alpha value is -5.16. The molecule has 0 unspecified atom stereocenters. The number of nitrogens with zero attached hydrogens (tertiary/aromatic N) is 1. The minimum Gasteiger partial charge on any atom is -0.454 e. The molecule has 5 heteroatoms. The number of aromatic amines is 1. The van der Waals surface area contributed by atoms with Crippen LogP contribution in [-0.2, 0) is 0 Å². The van der Waals surface area contributed by atoms with E-state index in [4.69, 9.17) is 8.83 Å². The van der Waals surface area contributed by atoms with E-state index >= 15 is 0 Å². The number of rotatable bonds is 1. The van der Waals surface area contributed by atoms with Crippen LogP contribution in [0.15, 0.2) is 106 Å². The van der Waals surface area contributed by atoms with Crippen LogP contribution in [0, 0.1) is 6.92 Å². The van der Waals surface area contributed by atoms with E-state index in [1.807, 2.05) is 18.2 Å². The Morgan fingerprint density at radius 3 is 2.33 bits per heavy atom. The molecule has 40 heavy (non-hydrogen) atoms. The second-order valence-corrected chi connectivity index (χ2v) is 11.1. The number of furan rings is 2. The lowest BCUT2D eigenvalue weighted by Crippen LogP contribution is -2.37. The smallest absolute Gasteiger partial charge is 0.206 e. The maximum Gasteiger partial charge on any atom is 0.206 e. The maximum atomic E-state index is 6.47. The number of hydrogen-bond acceptors (Lipinski definition) is 2. The molecule has 0 amide bonds. The molecule has 0 radical (unpaired) electrons. The molecule has 5 aromatic carbocycles. The van der Waals surface area contributed by atoms with Gasteiger partial charge in [0.1, 0.15) is 16.7 Å². The average Bonchev–Trinajstić information content (AvgIpc) is 3.71. The van der Waals surface area contributed by atoms with Gasteiger partial charge in [-0.25, -0.2) is 0 Å². The van der Waals surface area contributed by atoms with Crippen molar-refractivity contribution in [1.29, 1.82) is 0 Å². The standard InChI is InChI=1S/C35H21BN2O2/c1-18-16-24(19-10-6-11-22-29-20-8-2-4-14-27(20)40-35(29)37-31(19)22)30-26(17-18)38-32-23(12-7-13-25(32)36-30)34-33(38)21-9-3-5-15-28(21)39-34/h2-17,36-37H,1H3. The zero-order valence-corrected chi connectivity index (χ0v) is 21.7. The van der Waals surface area contributed by atoms with Crippen molar-refractivity contribution in [3.8, 4) is 16.8 Å². The van der Waals surface area contributed by atoms with Gasteiger partial charge in [0.05, 0.1) is 16.4 Å². The second kappa shape index (κ2) is 7.07. The molecule has 9 aromatic rings. The number of aryl methyl sites for hydroxylation is 1. The lowest BCUT2D eigenvalue weighted by molar-refractivity contribution is 0.657. The number of hydrogen-bond donors (Lipinski definition) is 1. The van der Waals surface area contributed by atoms with Gasteiger partial charge in [-0.3, -0.25) is 0 Å². The summed E-state index contributed by atoms with van der Waals surface area (Å²) in [5.74, 6) is 0. The summed E-state index contributed by atoms with van der Waals surface area (Å²) in [5, 5.41) is 5.81. The monoisotopic (exact) mass is 512 g/mol. The molecule has 0 aliphatic carbocycles. The van der Waals surface area contributed by atoms with E-state index in [0.717, 1.165) is 56.9 Å². The summed E-state index contributed by atoms with van der Waals surface area (Å²) in [5.41, 5.74) is 14.7. The van der Waals surface area contributed by atoms with Crippen molar-refractivity contribution >= 4 is 84.1 Å².